The first-order chi connectivity index (χ1) is 6.66. The molecule has 0 saturated carbocycles. The van der Waals surface area contributed by atoms with Gasteiger partial charge >= 0.3 is 0 Å². The number of aryl methyl sites for hydroxylation is 1. The Morgan fingerprint density at radius 3 is 2.71 bits per heavy atom. The maximum atomic E-state index is 13.4. The van der Waals surface area contributed by atoms with Crippen LogP contribution in [0.4, 0.5) is 4.39 Å². The maximum absolute atomic E-state index is 13.4. The average Bonchev–Trinajstić information content (AvgIpc) is 2.51. The van der Waals surface area contributed by atoms with E-state index in [1.807, 2.05) is 29.5 Å². The van der Waals surface area contributed by atoms with Crippen LogP contribution in [0.1, 0.15) is 5.56 Å². The molecular weight excluding hydrogens is 298 g/mol. The molecular formula is C9H6FIN2O. The second-order valence-electron chi connectivity index (χ2n) is 2.84. The van der Waals surface area contributed by atoms with Crippen molar-refractivity contribution >= 4 is 22.6 Å². The van der Waals surface area contributed by atoms with Gasteiger partial charge in [0.15, 0.2) is 0 Å². The summed E-state index contributed by atoms with van der Waals surface area (Å²) in [6, 6.07) is 4.87. The van der Waals surface area contributed by atoms with Gasteiger partial charge < -0.3 is 4.42 Å². The van der Waals surface area contributed by atoms with Gasteiger partial charge in [0, 0.05) is 22.6 Å². The Morgan fingerprint density at radius 1 is 1.36 bits per heavy atom. The number of nitrogens with zero attached hydrogens (tertiary/aromatic N) is 2. The molecule has 1 heterocycles. The van der Waals surface area contributed by atoms with Crippen LogP contribution in [0.5, 0.6) is 0 Å². The molecule has 2 aromatic rings. The van der Waals surface area contributed by atoms with Gasteiger partial charge in [-0.1, -0.05) is 6.07 Å². The molecule has 1 aromatic carbocycles. The predicted octanol–water partition coefficient (Wildman–Crippen LogP) is 2.79. The Bertz CT molecular complexity index is 470. The van der Waals surface area contributed by atoms with Crippen LogP contribution >= 0.6 is 22.6 Å². The van der Waals surface area contributed by atoms with Crippen LogP contribution in [-0.2, 0) is 0 Å². The van der Waals surface area contributed by atoms with E-state index in [1.165, 1.54) is 6.07 Å². The van der Waals surface area contributed by atoms with Crippen LogP contribution in [-0.4, -0.2) is 10.2 Å². The molecule has 0 aliphatic carbocycles. The van der Waals surface area contributed by atoms with Crippen molar-refractivity contribution in [3.8, 4) is 11.5 Å². The molecule has 0 atom stereocenters. The van der Waals surface area contributed by atoms with Gasteiger partial charge in [-0.05, 0) is 24.6 Å². The fraction of sp³-hybridized carbons (Fsp3) is 0.111. The Morgan fingerprint density at radius 2 is 2.14 bits per heavy atom. The fourth-order valence-electron chi connectivity index (χ4n) is 1.11. The highest BCUT2D eigenvalue weighted by atomic mass is 127. The fourth-order valence-corrected chi connectivity index (χ4v) is 1.42. The molecule has 0 aliphatic heterocycles. The van der Waals surface area contributed by atoms with Crippen molar-refractivity contribution < 1.29 is 8.81 Å². The van der Waals surface area contributed by atoms with Crippen LogP contribution in [0.15, 0.2) is 22.6 Å². The zero-order valence-corrected chi connectivity index (χ0v) is 9.45. The number of hydrogen-bond acceptors (Lipinski definition) is 3. The molecule has 0 unspecified atom stereocenters. The third-order valence-electron chi connectivity index (χ3n) is 1.76. The molecule has 0 amide bonds. The summed E-state index contributed by atoms with van der Waals surface area (Å²) in [6.07, 6.45) is 0. The first-order valence-electron chi connectivity index (χ1n) is 3.92. The SMILES string of the molecule is Cc1ccc(-c2nnc(I)o2)c(F)c1. The van der Waals surface area contributed by atoms with Gasteiger partial charge in [0.2, 0.25) is 0 Å². The molecule has 0 saturated heterocycles. The third-order valence-corrected chi connectivity index (χ3v) is 2.19. The number of aromatic nitrogens is 2. The Balaban J connectivity index is 2.52. The molecule has 2 rings (SSSR count). The zero-order chi connectivity index (χ0) is 10.1. The molecule has 3 nitrogen and oxygen atoms in total. The molecule has 1 aromatic heterocycles. The Kier molecular flexibility index (Phi) is 2.49. The number of halogens is 2. The van der Waals surface area contributed by atoms with E-state index in [0.717, 1.165) is 5.56 Å². The molecule has 0 fully saturated rings. The van der Waals surface area contributed by atoms with E-state index in [1.54, 1.807) is 12.1 Å². The summed E-state index contributed by atoms with van der Waals surface area (Å²) in [7, 11) is 0. The van der Waals surface area contributed by atoms with Crippen LogP contribution in [0, 0.1) is 16.6 Å². The summed E-state index contributed by atoms with van der Waals surface area (Å²) in [6.45, 7) is 1.82. The van der Waals surface area contributed by atoms with Gasteiger partial charge in [-0.15, -0.1) is 10.2 Å². The summed E-state index contributed by atoms with van der Waals surface area (Å²) < 4.78 is 18.9. The van der Waals surface area contributed by atoms with E-state index in [-0.39, 0.29) is 11.7 Å². The summed E-state index contributed by atoms with van der Waals surface area (Å²) in [5, 5.41) is 7.37. The van der Waals surface area contributed by atoms with E-state index in [0.29, 0.717) is 9.46 Å². The highest BCUT2D eigenvalue weighted by molar-refractivity contribution is 14.1. The standard InChI is InChI=1S/C9H6FIN2O/c1-5-2-3-6(7(10)4-5)8-12-13-9(11)14-8/h2-4H,1H3. The van der Waals surface area contributed by atoms with E-state index in [9.17, 15) is 4.39 Å². The summed E-state index contributed by atoms with van der Waals surface area (Å²) in [5.74, 6) is -0.128. The lowest BCUT2D eigenvalue weighted by Gasteiger charge is -1.97. The van der Waals surface area contributed by atoms with E-state index < -0.39 is 0 Å². The molecule has 0 aliphatic rings. The second kappa shape index (κ2) is 3.64. The normalized spacial score (nSPS) is 10.5. The van der Waals surface area contributed by atoms with Crippen LogP contribution in [0.2, 0.25) is 0 Å². The summed E-state index contributed by atoms with van der Waals surface area (Å²) >= 11 is 1.88. The molecule has 0 N–H and O–H groups in total. The van der Waals surface area contributed by atoms with Gasteiger partial charge in [-0.2, -0.15) is 0 Å². The largest absolute Gasteiger partial charge is 0.412 e. The Labute approximate surface area is 93.5 Å². The molecule has 0 spiro atoms. The first kappa shape index (κ1) is 9.57. The van der Waals surface area contributed by atoms with Gasteiger partial charge in [-0.25, -0.2) is 4.39 Å². The zero-order valence-electron chi connectivity index (χ0n) is 7.29. The van der Waals surface area contributed by atoms with Crippen molar-refractivity contribution in [3.05, 3.63) is 33.5 Å². The van der Waals surface area contributed by atoms with Gasteiger partial charge in [-0.3, -0.25) is 0 Å². The minimum Gasteiger partial charge on any atom is -0.412 e. The number of benzene rings is 1. The molecule has 0 bridgehead atoms. The van der Waals surface area contributed by atoms with Crippen molar-refractivity contribution in [2.45, 2.75) is 6.92 Å². The molecule has 72 valence electrons. The van der Waals surface area contributed by atoms with E-state index in [2.05, 4.69) is 10.2 Å². The maximum Gasteiger partial charge on any atom is 0.278 e. The lowest BCUT2D eigenvalue weighted by atomic mass is 10.1. The van der Waals surface area contributed by atoms with E-state index in [4.69, 9.17) is 4.42 Å². The van der Waals surface area contributed by atoms with Gasteiger partial charge in [0.05, 0.1) is 5.56 Å². The highest BCUT2D eigenvalue weighted by Gasteiger charge is 2.11. The van der Waals surface area contributed by atoms with Crippen molar-refractivity contribution in [3.63, 3.8) is 0 Å². The Hall–Kier alpha value is -0.980. The molecule has 14 heavy (non-hydrogen) atoms. The average molecular weight is 304 g/mol. The monoisotopic (exact) mass is 304 g/mol. The second-order valence-corrected chi connectivity index (χ2v) is 3.77. The highest BCUT2D eigenvalue weighted by Crippen LogP contribution is 2.22. The van der Waals surface area contributed by atoms with E-state index >= 15 is 0 Å². The van der Waals surface area contributed by atoms with Crippen molar-refractivity contribution in [1.82, 2.24) is 10.2 Å². The third kappa shape index (κ3) is 1.77. The van der Waals surface area contributed by atoms with Crippen LogP contribution < -0.4 is 0 Å². The smallest absolute Gasteiger partial charge is 0.278 e. The lowest BCUT2D eigenvalue weighted by molar-refractivity contribution is 0.530. The molecule has 0 radical (unpaired) electrons. The van der Waals surface area contributed by atoms with Gasteiger partial charge in [0.25, 0.3) is 9.79 Å². The van der Waals surface area contributed by atoms with Crippen LogP contribution in [0.25, 0.3) is 11.5 Å². The predicted molar refractivity (Wildman–Crippen MR) is 57.1 cm³/mol. The van der Waals surface area contributed by atoms with Crippen LogP contribution in [0.3, 0.4) is 0 Å². The van der Waals surface area contributed by atoms with Gasteiger partial charge in [0.1, 0.15) is 5.82 Å². The van der Waals surface area contributed by atoms with Crippen molar-refractivity contribution in [1.29, 1.82) is 0 Å². The number of hydrogen-bond donors (Lipinski definition) is 0. The quantitative estimate of drug-likeness (QED) is 0.761. The van der Waals surface area contributed by atoms with Crippen molar-refractivity contribution in [2.75, 3.05) is 0 Å². The lowest BCUT2D eigenvalue weighted by Crippen LogP contribution is -1.85. The summed E-state index contributed by atoms with van der Waals surface area (Å²) in [4.78, 5) is 0. The van der Waals surface area contributed by atoms with Crippen molar-refractivity contribution in [2.24, 2.45) is 0 Å². The number of rotatable bonds is 1. The first-order valence-corrected chi connectivity index (χ1v) is 5.00. The summed E-state index contributed by atoms with van der Waals surface area (Å²) in [5.41, 5.74) is 1.20. The molecule has 5 heteroatoms. The minimum absolute atomic E-state index is 0.215. The topological polar surface area (TPSA) is 38.9 Å². The minimum atomic E-state index is -0.343.